The SMILES string of the molecule is CC(=O)NC(CC(=O)NC1CCCCC1O)c1c(F)cccc1F. The first-order chi connectivity index (χ1) is 11.4. The Morgan fingerprint density at radius 1 is 1.25 bits per heavy atom. The molecule has 2 rings (SSSR count). The molecule has 1 aliphatic rings. The molecule has 1 aliphatic carbocycles. The molecule has 1 aromatic rings. The lowest BCUT2D eigenvalue weighted by Crippen LogP contribution is -2.46. The number of carbonyl (C=O) groups excluding carboxylic acids is 2. The van der Waals surface area contributed by atoms with E-state index in [9.17, 15) is 23.5 Å². The second-order valence-corrected chi connectivity index (χ2v) is 6.12. The summed E-state index contributed by atoms with van der Waals surface area (Å²) in [6.07, 6.45) is 2.16. The van der Waals surface area contributed by atoms with E-state index in [0.717, 1.165) is 25.0 Å². The van der Waals surface area contributed by atoms with Gasteiger partial charge in [0.2, 0.25) is 11.8 Å². The Labute approximate surface area is 139 Å². The highest BCUT2D eigenvalue weighted by Crippen LogP contribution is 2.24. The molecule has 0 saturated heterocycles. The average Bonchev–Trinajstić information content (AvgIpc) is 2.48. The van der Waals surface area contributed by atoms with Crippen LogP contribution in [-0.2, 0) is 9.59 Å². The van der Waals surface area contributed by atoms with Crippen molar-refractivity contribution in [3.8, 4) is 0 Å². The van der Waals surface area contributed by atoms with Gasteiger partial charge in [-0.1, -0.05) is 18.9 Å². The Kier molecular flexibility index (Phi) is 6.25. The van der Waals surface area contributed by atoms with E-state index in [4.69, 9.17) is 0 Å². The Morgan fingerprint density at radius 3 is 2.46 bits per heavy atom. The van der Waals surface area contributed by atoms with Gasteiger partial charge in [0, 0.05) is 12.5 Å². The summed E-state index contributed by atoms with van der Waals surface area (Å²) in [5.74, 6) is -2.60. The van der Waals surface area contributed by atoms with Gasteiger partial charge in [-0.05, 0) is 25.0 Å². The number of benzene rings is 1. The van der Waals surface area contributed by atoms with E-state index in [-0.39, 0.29) is 18.0 Å². The summed E-state index contributed by atoms with van der Waals surface area (Å²) in [7, 11) is 0. The number of amides is 2. The summed E-state index contributed by atoms with van der Waals surface area (Å²) in [6, 6.07) is 1.91. The molecule has 24 heavy (non-hydrogen) atoms. The quantitative estimate of drug-likeness (QED) is 0.767. The summed E-state index contributed by atoms with van der Waals surface area (Å²) >= 11 is 0. The van der Waals surface area contributed by atoms with Gasteiger partial charge in [0.05, 0.1) is 24.6 Å². The van der Waals surface area contributed by atoms with E-state index in [2.05, 4.69) is 10.6 Å². The first kappa shape index (κ1) is 18.3. The lowest BCUT2D eigenvalue weighted by molar-refractivity contribution is -0.124. The van der Waals surface area contributed by atoms with Crippen molar-refractivity contribution < 1.29 is 23.5 Å². The van der Waals surface area contributed by atoms with Crippen LogP contribution < -0.4 is 10.6 Å². The third-order valence-corrected chi connectivity index (χ3v) is 4.19. The van der Waals surface area contributed by atoms with E-state index in [1.165, 1.54) is 13.0 Å². The zero-order valence-electron chi connectivity index (χ0n) is 13.5. The van der Waals surface area contributed by atoms with Crippen LogP contribution >= 0.6 is 0 Å². The molecule has 2 amide bonds. The van der Waals surface area contributed by atoms with Crippen LogP contribution in [0.25, 0.3) is 0 Å². The van der Waals surface area contributed by atoms with Gasteiger partial charge >= 0.3 is 0 Å². The number of nitrogens with one attached hydrogen (secondary N) is 2. The molecular weight excluding hydrogens is 318 g/mol. The zero-order valence-corrected chi connectivity index (χ0v) is 13.5. The van der Waals surface area contributed by atoms with Crippen molar-refractivity contribution in [2.24, 2.45) is 0 Å². The first-order valence-electron chi connectivity index (χ1n) is 8.07. The summed E-state index contributed by atoms with van der Waals surface area (Å²) in [5, 5.41) is 15.0. The van der Waals surface area contributed by atoms with Gasteiger partial charge in [-0.15, -0.1) is 0 Å². The number of carbonyl (C=O) groups is 2. The number of aliphatic hydroxyl groups excluding tert-OH is 1. The molecule has 5 nitrogen and oxygen atoms in total. The molecule has 7 heteroatoms. The lowest BCUT2D eigenvalue weighted by atomic mass is 9.92. The van der Waals surface area contributed by atoms with Crippen LogP contribution in [0.4, 0.5) is 8.78 Å². The summed E-state index contributed by atoms with van der Waals surface area (Å²) in [4.78, 5) is 23.6. The predicted octanol–water partition coefficient (Wildman–Crippen LogP) is 1.95. The minimum atomic E-state index is -1.11. The third-order valence-electron chi connectivity index (χ3n) is 4.19. The van der Waals surface area contributed by atoms with Crippen LogP contribution in [0.2, 0.25) is 0 Å². The highest BCUT2D eigenvalue weighted by atomic mass is 19.1. The molecule has 1 aromatic carbocycles. The summed E-state index contributed by atoms with van der Waals surface area (Å²) in [5.41, 5.74) is -0.341. The maximum atomic E-state index is 14.0. The van der Waals surface area contributed by atoms with E-state index in [1.807, 2.05) is 0 Å². The molecule has 0 heterocycles. The summed E-state index contributed by atoms with van der Waals surface area (Å²) < 4.78 is 27.9. The standard InChI is InChI=1S/C17H22F2N2O3/c1-10(22)20-14(17-11(18)5-4-6-12(17)19)9-16(24)21-13-7-2-3-8-15(13)23/h4-6,13-15,23H,2-3,7-9H2,1H3,(H,20,22)(H,21,24). The fourth-order valence-electron chi connectivity index (χ4n) is 3.04. The maximum absolute atomic E-state index is 14.0. The van der Waals surface area contributed by atoms with E-state index in [0.29, 0.717) is 12.8 Å². The monoisotopic (exact) mass is 340 g/mol. The normalized spacial score (nSPS) is 21.8. The van der Waals surface area contributed by atoms with Crippen LogP contribution in [0.3, 0.4) is 0 Å². The minimum absolute atomic E-state index is 0.305. The van der Waals surface area contributed by atoms with Gasteiger partial charge in [-0.2, -0.15) is 0 Å². The lowest BCUT2D eigenvalue weighted by Gasteiger charge is -2.29. The smallest absolute Gasteiger partial charge is 0.222 e. The molecule has 1 saturated carbocycles. The Morgan fingerprint density at radius 2 is 1.88 bits per heavy atom. The Balaban J connectivity index is 2.11. The first-order valence-corrected chi connectivity index (χ1v) is 8.07. The van der Waals surface area contributed by atoms with Crippen LogP contribution in [0.15, 0.2) is 18.2 Å². The Bertz CT molecular complexity index is 589. The molecule has 3 unspecified atom stereocenters. The van der Waals surface area contributed by atoms with Gasteiger partial charge < -0.3 is 15.7 Å². The van der Waals surface area contributed by atoms with Crippen LogP contribution in [-0.4, -0.2) is 29.1 Å². The predicted molar refractivity (Wildman–Crippen MR) is 83.9 cm³/mol. The highest BCUT2D eigenvalue weighted by Gasteiger charge is 2.28. The van der Waals surface area contributed by atoms with Crippen molar-refractivity contribution in [2.75, 3.05) is 0 Å². The average molecular weight is 340 g/mol. The molecule has 0 aliphatic heterocycles. The number of hydrogen-bond donors (Lipinski definition) is 3. The van der Waals surface area contributed by atoms with Gasteiger partial charge in [0.25, 0.3) is 0 Å². The van der Waals surface area contributed by atoms with Crippen LogP contribution in [0.1, 0.15) is 50.6 Å². The molecule has 1 fully saturated rings. The molecular formula is C17H22F2N2O3. The number of aliphatic hydroxyl groups is 1. The van der Waals surface area contributed by atoms with E-state index < -0.39 is 35.6 Å². The fraction of sp³-hybridized carbons (Fsp3) is 0.529. The largest absolute Gasteiger partial charge is 0.391 e. The summed E-state index contributed by atoms with van der Waals surface area (Å²) in [6.45, 7) is 1.22. The Hall–Kier alpha value is -2.02. The van der Waals surface area contributed by atoms with Gasteiger partial charge in [0.15, 0.2) is 0 Å². The fourth-order valence-corrected chi connectivity index (χ4v) is 3.04. The highest BCUT2D eigenvalue weighted by molar-refractivity contribution is 5.79. The molecule has 0 spiro atoms. The molecule has 0 bridgehead atoms. The van der Waals surface area contributed by atoms with Crippen LogP contribution in [0, 0.1) is 11.6 Å². The number of halogens is 2. The molecule has 0 aromatic heterocycles. The van der Waals surface area contributed by atoms with Gasteiger partial charge in [-0.3, -0.25) is 9.59 Å². The molecule has 3 N–H and O–H groups in total. The van der Waals surface area contributed by atoms with Gasteiger partial charge in [-0.25, -0.2) is 8.78 Å². The van der Waals surface area contributed by atoms with Crippen LogP contribution in [0.5, 0.6) is 0 Å². The van der Waals surface area contributed by atoms with Crippen molar-refractivity contribution in [3.05, 3.63) is 35.4 Å². The second kappa shape index (κ2) is 8.19. The van der Waals surface area contributed by atoms with Gasteiger partial charge in [0.1, 0.15) is 11.6 Å². The van der Waals surface area contributed by atoms with E-state index >= 15 is 0 Å². The van der Waals surface area contributed by atoms with Crippen molar-refractivity contribution in [2.45, 2.75) is 57.2 Å². The number of hydrogen-bond acceptors (Lipinski definition) is 3. The van der Waals surface area contributed by atoms with Crippen molar-refractivity contribution in [1.82, 2.24) is 10.6 Å². The van der Waals surface area contributed by atoms with E-state index in [1.54, 1.807) is 0 Å². The second-order valence-electron chi connectivity index (χ2n) is 6.12. The molecule has 132 valence electrons. The molecule has 0 radical (unpaired) electrons. The third kappa shape index (κ3) is 4.74. The number of rotatable bonds is 5. The zero-order chi connectivity index (χ0) is 17.7. The van der Waals surface area contributed by atoms with Crippen molar-refractivity contribution in [3.63, 3.8) is 0 Å². The van der Waals surface area contributed by atoms with Crippen molar-refractivity contribution >= 4 is 11.8 Å². The minimum Gasteiger partial charge on any atom is -0.391 e. The van der Waals surface area contributed by atoms with Crippen molar-refractivity contribution in [1.29, 1.82) is 0 Å². The molecule has 3 atom stereocenters. The maximum Gasteiger partial charge on any atom is 0.222 e. The topological polar surface area (TPSA) is 78.4 Å².